The Morgan fingerprint density at radius 1 is 1.06 bits per heavy atom. The molecule has 1 amide bonds. The van der Waals surface area contributed by atoms with Crippen molar-refractivity contribution in [3.63, 3.8) is 0 Å². The lowest BCUT2D eigenvalue weighted by molar-refractivity contribution is -0.129. The van der Waals surface area contributed by atoms with Crippen molar-refractivity contribution < 1.29 is 33.5 Å². The number of esters is 1. The Balaban J connectivity index is 2.18. The summed E-state index contributed by atoms with van der Waals surface area (Å²) in [5.74, 6) is -0.361. The number of carbonyl (C=O) groups is 2. The molecule has 2 aromatic carbocycles. The fraction of sp³-hybridized carbons (Fsp3) is 0.304. The number of ether oxygens (including phenoxy) is 3. The van der Waals surface area contributed by atoms with E-state index >= 15 is 0 Å². The minimum Gasteiger partial charge on any atom is -0.489 e. The molecular weight excluding hydrogens is 430 g/mol. The maximum atomic E-state index is 12.2. The Kier molecular flexibility index (Phi) is 9.69. The van der Waals surface area contributed by atoms with Gasteiger partial charge in [-0.05, 0) is 55.2 Å². The summed E-state index contributed by atoms with van der Waals surface area (Å²) in [7, 11) is 1.27. The predicted molar refractivity (Wildman–Crippen MR) is 121 cm³/mol. The number of carbonyl (C=O) groups excluding carboxylic acids is 2. The van der Waals surface area contributed by atoms with E-state index in [-0.39, 0.29) is 12.3 Å². The minimum atomic E-state index is -1.24. The van der Waals surface area contributed by atoms with Crippen LogP contribution in [0.2, 0.25) is 0 Å². The highest BCUT2D eigenvalue weighted by molar-refractivity contribution is 6.44. The Bertz CT molecular complexity index is 1030. The number of primary amides is 1. The van der Waals surface area contributed by atoms with E-state index < -0.39 is 12.1 Å². The van der Waals surface area contributed by atoms with E-state index in [4.69, 9.17) is 24.9 Å². The molecule has 0 radical (unpaired) electrons. The van der Waals surface area contributed by atoms with Gasteiger partial charge < -0.3 is 29.6 Å². The maximum absolute atomic E-state index is 12.2. The van der Waals surface area contributed by atoms with Crippen LogP contribution in [0.15, 0.2) is 46.7 Å². The summed E-state index contributed by atoms with van der Waals surface area (Å²) < 4.78 is 15.9. The lowest BCUT2D eigenvalue weighted by Crippen LogP contribution is -2.26. The first-order valence-corrected chi connectivity index (χ1v) is 10.1. The summed E-state index contributed by atoms with van der Waals surface area (Å²) in [5, 5.41) is 7.35. The average molecular weight is 457 g/mol. The van der Waals surface area contributed by atoms with E-state index in [0.717, 1.165) is 16.7 Å². The van der Waals surface area contributed by atoms with E-state index in [0.29, 0.717) is 30.1 Å². The zero-order chi connectivity index (χ0) is 24.2. The molecule has 0 atom stereocenters. The molecule has 2 rings (SSSR count). The second-order valence-corrected chi connectivity index (χ2v) is 6.76. The molecule has 2 aromatic rings. The topological polar surface area (TPSA) is 131 Å². The number of hydrogen-bond acceptors (Lipinski definition) is 9. The van der Waals surface area contributed by atoms with E-state index in [2.05, 4.69) is 15.0 Å². The molecule has 0 aliphatic heterocycles. The van der Waals surface area contributed by atoms with Gasteiger partial charge in [-0.2, -0.15) is 0 Å². The number of oxime groups is 2. The summed E-state index contributed by atoms with van der Waals surface area (Å²) in [6.07, 6.45) is 0.0269. The number of hydrogen-bond donors (Lipinski definition) is 1. The molecule has 33 heavy (non-hydrogen) atoms. The van der Waals surface area contributed by atoms with Gasteiger partial charge in [-0.25, -0.2) is 9.59 Å². The molecule has 0 fully saturated rings. The molecule has 10 heteroatoms. The van der Waals surface area contributed by atoms with Crippen molar-refractivity contribution >= 4 is 24.2 Å². The zero-order valence-electron chi connectivity index (χ0n) is 19.0. The standard InChI is InChI=1S/C23H27N3O7/c1-5-32-25-14-30-12-18-10-16(3)20(11-15(18)2)31-13-17-8-6-7-9-19(17)21(26-29-4)22(27)33-23(24)28/h6-11,14H,5,12-13H2,1-4H3,(H2,24,28)/b25-14+,26-21+. The highest BCUT2D eigenvalue weighted by Crippen LogP contribution is 2.25. The highest BCUT2D eigenvalue weighted by Gasteiger charge is 2.22. The monoisotopic (exact) mass is 457 g/mol. The van der Waals surface area contributed by atoms with Gasteiger partial charge in [-0.3, -0.25) is 0 Å². The Morgan fingerprint density at radius 2 is 1.82 bits per heavy atom. The van der Waals surface area contributed by atoms with Crippen LogP contribution >= 0.6 is 0 Å². The van der Waals surface area contributed by atoms with Crippen molar-refractivity contribution in [1.29, 1.82) is 0 Å². The molecule has 0 unspecified atom stereocenters. The Labute approximate surface area is 191 Å². The van der Waals surface area contributed by atoms with Gasteiger partial charge in [-0.1, -0.05) is 34.6 Å². The number of amides is 1. The van der Waals surface area contributed by atoms with Gasteiger partial charge in [0.05, 0.1) is 0 Å². The van der Waals surface area contributed by atoms with Crippen LogP contribution in [0.4, 0.5) is 4.79 Å². The third-order valence-corrected chi connectivity index (χ3v) is 4.42. The van der Waals surface area contributed by atoms with Crippen molar-refractivity contribution in [2.75, 3.05) is 13.7 Å². The molecule has 0 aliphatic rings. The summed E-state index contributed by atoms with van der Waals surface area (Å²) in [6, 6.07) is 10.8. The van der Waals surface area contributed by atoms with E-state index in [9.17, 15) is 9.59 Å². The lowest BCUT2D eigenvalue weighted by atomic mass is 10.0. The van der Waals surface area contributed by atoms with Crippen molar-refractivity contribution in [3.05, 3.63) is 64.2 Å². The molecule has 0 heterocycles. The lowest BCUT2D eigenvalue weighted by Gasteiger charge is -2.15. The number of nitrogens with two attached hydrogens (primary N) is 1. The van der Waals surface area contributed by atoms with Crippen LogP contribution in [-0.4, -0.2) is 37.9 Å². The molecule has 0 aromatic heterocycles. The summed E-state index contributed by atoms with van der Waals surface area (Å²) in [5.41, 5.74) is 8.61. The van der Waals surface area contributed by atoms with Gasteiger partial charge in [0, 0.05) is 5.56 Å². The molecule has 176 valence electrons. The Morgan fingerprint density at radius 3 is 2.52 bits per heavy atom. The number of rotatable bonds is 11. The molecule has 0 aliphatic carbocycles. The van der Waals surface area contributed by atoms with Gasteiger partial charge in [0.25, 0.3) is 0 Å². The van der Waals surface area contributed by atoms with E-state index in [1.807, 2.05) is 32.9 Å². The maximum Gasteiger partial charge on any atom is 0.412 e. The van der Waals surface area contributed by atoms with Crippen LogP contribution in [0, 0.1) is 13.8 Å². The average Bonchev–Trinajstić information content (AvgIpc) is 2.78. The quantitative estimate of drug-likeness (QED) is 0.180. The molecule has 2 N–H and O–H groups in total. The van der Waals surface area contributed by atoms with Crippen LogP contribution < -0.4 is 10.5 Å². The van der Waals surface area contributed by atoms with Crippen LogP contribution in [0.25, 0.3) is 0 Å². The van der Waals surface area contributed by atoms with Gasteiger partial charge in [-0.15, -0.1) is 0 Å². The zero-order valence-corrected chi connectivity index (χ0v) is 19.0. The molecule has 0 saturated heterocycles. The molecular formula is C23H27N3O7. The Hall–Kier alpha value is -4.08. The number of aryl methyl sites for hydroxylation is 2. The largest absolute Gasteiger partial charge is 0.489 e. The fourth-order valence-electron chi connectivity index (χ4n) is 2.88. The van der Waals surface area contributed by atoms with Crippen LogP contribution in [0.1, 0.15) is 34.7 Å². The smallest absolute Gasteiger partial charge is 0.412 e. The highest BCUT2D eigenvalue weighted by atomic mass is 16.6. The third-order valence-electron chi connectivity index (χ3n) is 4.42. The molecule has 10 nitrogen and oxygen atoms in total. The minimum absolute atomic E-state index is 0.125. The fourth-order valence-corrected chi connectivity index (χ4v) is 2.88. The van der Waals surface area contributed by atoms with Crippen LogP contribution in [-0.2, 0) is 37.2 Å². The van der Waals surface area contributed by atoms with Gasteiger partial charge >= 0.3 is 12.1 Å². The van der Waals surface area contributed by atoms with Gasteiger partial charge in [0.15, 0.2) is 5.71 Å². The van der Waals surface area contributed by atoms with E-state index in [1.165, 1.54) is 13.5 Å². The summed E-state index contributed by atoms with van der Waals surface area (Å²) in [4.78, 5) is 32.8. The second-order valence-electron chi connectivity index (χ2n) is 6.76. The van der Waals surface area contributed by atoms with Crippen molar-refractivity contribution in [2.45, 2.75) is 34.0 Å². The SMILES string of the molecule is CCO/N=C/OCc1cc(C)c(OCc2ccccc2/C(=N\OC)C(=O)OC(N)=O)cc1C. The van der Waals surface area contributed by atoms with Gasteiger partial charge in [0.1, 0.15) is 32.7 Å². The van der Waals surface area contributed by atoms with Crippen molar-refractivity contribution in [1.82, 2.24) is 0 Å². The summed E-state index contributed by atoms with van der Waals surface area (Å²) >= 11 is 0. The van der Waals surface area contributed by atoms with Crippen molar-refractivity contribution in [2.24, 2.45) is 16.0 Å². The van der Waals surface area contributed by atoms with Crippen LogP contribution in [0.5, 0.6) is 5.75 Å². The predicted octanol–water partition coefficient (Wildman–Crippen LogP) is 3.35. The number of benzene rings is 2. The van der Waals surface area contributed by atoms with Gasteiger partial charge in [0.2, 0.25) is 6.40 Å². The second kappa shape index (κ2) is 12.7. The third kappa shape index (κ3) is 7.53. The number of nitrogens with zero attached hydrogens (tertiary/aromatic N) is 2. The van der Waals surface area contributed by atoms with E-state index in [1.54, 1.807) is 24.3 Å². The first-order valence-electron chi connectivity index (χ1n) is 10.1. The normalized spacial score (nSPS) is 11.2. The molecule has 0 spiro atoms. The molecule has 0 saturated carbocycles. The first kappa shape index (κ1) is 25.2. The molecule has 0 bridgehead atoms. The summed E-state index contributed by atoms with van der Waals surface area (Å²) in [6.45, 7) is 6.63. The van der Waals surface area contributed by atoms with Crippen LogP contribution in [0.3, 0.4) is 0 Å². The van der Waals surface area contributed by atoms with Crippen molar-refractivity contribution in [3.8, 4) is 5.75 Å². The first-order chi connectivity index (χ1) is 15.9.